The molecule has 11 heavy (non-hydrogen) atoms. The summed E-state index contributed by atoms with van der Waals surface area (Å²) in [6, 6.07) is 0. The van der Waals surface area contributed by atoms with Crippen molar-refractivity contribution in [2.75, 3.05) is 6.61 Å². The number of carbonyl (C=O) groups excluding carboxylic acids is 2. The van der Waals surface area contributed by atoms with E-state index in [9.17, 15) is 9.59 Å². The fourth-order valence-electron chi connectivity index (χ4n) is 0.751. The second-order valence-electron chi connectivity index (χ2n) is 2.14. The van der Waals surface area contributed by atoms with E-state index >= 15 is 0 Å². The Morgan fingerprint density at radius 3 is 3.09 bits per heavy atom. The van der Waals surface area contributed by atoms with Gasteiger partial charge in [0, 0.05) is 0 Å². The van der Waals surface area contributed by atoms with Crippen molar-refractivity contribution in [1.82, 2.24) is 0 Å². The molecule has 0 N–H and O–H groups in total. The summed E-state index contributed by atoms with van der Waals surface area (Å²) in [5.41, 5.74) is 0. The highest BCUT2D eigenvalue weighted by Crippen LogP contribution is 2.08. The van der Waals surface area contributed by atoms with E-state index < -0.39 is 11.9 Å². The SMILES string of the molecule is O=CC(=O)C1CCCOOO1. The van der Waals surface area contributed by atoms with Crippen molar-refractivity contribution in [2.24, 2.45) is 0 Å². The molecule has 1 saturated heterocycles. The van der Waals surface area contributed by atoms with Crippen molar-refractivity contribution in [2.45, 2.75) is 18.9 Å². The molecule has 62 valence electrons. The van der Waals surface area contributed by atoms with Crippen LogP contribution in [0.25, 0.3) is 0 Å². The van der Waals surface area contributed by atoms with Crippen molar-refractivity contribution < 1.29 is 24.4 Å². The third-order valence-corrected chi connectivity index (χ3v) is 1.33. The Kier molecular flexibility index (Phi) is 3.15. The van der Waals surface area contributed by atoms with Crippen molar-refractivity contribution in [3.63, 3.8) is 0 Å². The molecule has 0 aromatic carbocycles. The molecule has 1 unspecified atom stereocenters. The summed E-state index contributed by atoms with van der Waals surface area (Å²) in [7, 11) is 0. The van der Waals surface area contributed by atoms with Gasteiger partial charge in [0.2, 0.25) is 5.78 Å². The summed E-state index contributed by atoms with van der Waals surface area (Å²) in [5, 5.41) is 4.15. The number of hydrogen-bond acceptors (Lipinski definition) is 5. The lowest BCUT2D eigenvalue weighted by molar-refractivity contribution is -0.513. The standard InChI is InChI=1S/C6H8O5/c7-4-5(8)6-2-1-3-9-11-10-6/h4,6H,1-3H2. The van der Waals surface area contributed by atoms with Gasteiger partial charge < -0.3 is 0 Å². The molecule has 5 heteroatoms. The maximum atomic E-state index is 10.7. The Morgan fingerprint density at radius 2 is 2.36 bits per heavy atom. The highest BCUT2D eigenvalue weighted by Gasteiger charge is 2.21. The van der Waals surface area contributed by atoms with Crippen LogP contribution < -0.4 is 0 Å². The van der Waals surface area contributed by atoms with Gasteiger partial charge in [-0.3, -0.25) is 9.59 Å². The summed E-state index contributed by atoms with van der Waals surface area (Å²) in [5.74, 6) is -0.615. The molecule has 1 aliphatic heterocycles. The molecule has 1 atom stereocenters. The lowest BCUT2D eigenvalue weighted by Crippen LogP contribution is -2.23. The molecule has 5 nitrogen and oxygen atoms in total. The second-order valence-corrected chi connectivity index (χ2v) is 2.14. The predicted molar refractivity (Wildman–Crippen MR) is 32.2 cm³/mol. The van der Waals surface area contributed by atoms with Crippen LogP contribution in [0.4, 0.5) is 0 Å². The molecule has 0 aromatic rings. The molecule has 0 aromatic heterocycles. The first kappa shape index (κ1) is 8.32. The van der Waals surface area contributed by atoms with Gasteiger partial charge in [-0.1, -0.05) is 5.04 Å². The second kappa shape index (κ2) is 4.17. The minimum atomic E-state index is -0.796. The van der Waals surface area contributed by atoms with Gasteiger partial charge in [-0.2, -0.15) is 4.89 Å². The van der Waals surface area contributed by atoms with Crippen LogP contribution in [-0.2, 0) is 24.4 Å². The Balaban J connectivity index is 2.42. The summed E-state index contributed by atoms with van der Waals surface area (Å²) >= 11 is 0. The van der Waals surface area contributed by atoms with Crippen LogP contribution in [0, 0.1) is 0 Å². The Bertz CT molecular complexity index is 147. The average molecular weight is 160 g/mol. The number of Topliss-reactive ketones (excluding diaryl/α,β-unsaturated/α-hetero) is 1. The molecule has 0 saturated carbocycles. The topological polar surface area (TPSA) is 61.8 Å². The minimum Gasteiger partial charge on any atom is -0.294 e. The van der Waals surface area contributed by atoms with E-state index in [1.807, 2.05) is 0 Å². The smallest absolute Gasteiger partial charge is 0.227 e. The zero-order chi connectivity index (χ0) is 8.10. The predicted octanol–water partition coefficient (Wildman–Crippen LogP) is -0.203. The molecule has 1 heterocycles. The molecule has 0 spiro atoms. The highest BCUT2D eigenvalue weighted by atomic mass is 17.5. The van der Waals surface area contributed by atoms with E-state index in [4.69, 9.17) is 0 Å². The lowest BCUT2D eigenvalue weighted by Gasteiger charge is -2.04. The van der Waals surface area contributed by atoms with E-state index in [0.717, 1.165) is 0 Å². The van der Waals surface area contributed by atoms with Gasteiger partial charge in [0.05, 0.1) is 6.61 Å². The van der Waals surface area contributed by atoms with Crippen molar-refractivity contribution in [1.29, 1.82) is 0 Å². The van der Waals surface area contributed by atoms with E-state index in [2.05, 4.69) is 14.8 Å². The quantitative estimate of drug-likeness (QED) is 0.318. The fraction of sp³-hybridized carbons (Fsp3) is 0.667. The molecule has 0 aliphatic carbocycles. The van der Waals surface area contributed by atoms with Crippen LogP contribution in [0.5, 0.6) is 0 Å². The maximum absolute atomic E-state index is 10.7. The summed E-state index contributed by atoms with van der Waals surface area (Å²) in [4.78, 5) is 29.6. The number of carbonyl (C=O) groups is 2. The number of ketones is 1. The monoisotopic (exact) mass is 160 g/mol. The third kappa shape index (κ3) is 2.38. The highest BCUT2D eigenvalue weighted by molar-refractivity contribution is 6.27. The largest absolute Gasteiger partial charge is 0.294 e. The number of hydrogen-bond donors (Lipinski definition) is 0. The van der Waals surface area contributed by atoms with E-state index in [1.165, 1.54) is 0 Å². The van der Waals surface area contributed by atoms with E-state index in [-0.39, 0.29) is 6.29 Å². The third-order valence-electron chi connectivity index (χ3n) is 1.33. The normalized spacial score (nSPS) is 25.6. The summed E-state index contributed by atoms with van der Waals surface area (Å²) in [6.45, 7) is 0.378. The van der Waals surface area contributed by atoms with Gasteiger partial charge in [-0.15, -0.1) is 0 Å². The zero-order valence-electron chi connectivity index (χ0n) is 5.82. The molecular formula is C6H8O5. The van der Waals surface area contributed by atoms with Crippen LogP contribution in [0.1, 0.15) is 12.8 Å². The Hall–Kier alpha value is -0.780. The molecule has 1 rings (SSSR count). The van der Waals surface area contributed by atoms with E-state index in [1.54, 1.807) is 0 Å². The van der Waals surface area contributed by atoms with Crippen molar-refractivity contribution in [3.05, 3.63) is 0 Å². The van der Waals surface area contributed by atoms with Crippen LogP contribution in [0.15, 0.2) is 0 Å². The van der Waals surface area contributed by atoms with Crippen molar-refractivity contribution in [3.8, 4) is 0 Å². The summed E-state index contributed by atoms with van der Waals surface area (Å²) in [6.07, 6.45) is 0.524. The molecule has 0 amide bonds. The molecule has 1 fully saturated rings. The van der Waals surface area contributed by atoms with Crippen LogP contribution in [-0.4, -0.2) is 24.8 Å². The zero-order valence-corrected chi connectivity index (χ0v) is 5.82. The van der Waals surface area contributed by atoms with Gasteiger partial charge in [0.1, 0.15) is 0 Å². The van der Waals surface area contributed by atoms with Gasteiger partial charge in [-0.05, 0) is 12.8 Å². The molecule has 0 bridgehead atoms. The number of rotatable bonds is 2. The first-order valence-electron chi connectivity index (χ1n) is 3.28. The summed E-state index contributed by atoms with van der Waals surface area (Å²) < 4.78 is 0. The van der Waals surface area contributed by atoms with Gasteiger partial charge in [-0.25, -0.2) is 4.89 Å². The fourth-order valence-corrected chi connectivity index (χ4v) is 0.751. The van der Waals surface area contributed by atoms with Gasteiger partial charge in [0.25, 0.3) is 0 Å². The Labute approximate surface area is 63.1 Å². The molecule has 0 radical (unpaired) electrons. The Morgan fingerprint density at radius 1 is 1.55 bits per heavy atom. The van der Waals surface area contributed by atoms with Crippen LogP contribution in [0.3, 0.4) is 0 Å². The average Bonchev–Trinajstić information content (AvgIpc) is 2.30. The first-order chi connectivity index (χ1) is 5.34. The van der Waals surface area contributed by atoms with Gasteiger partial charge in [0.15, 0.2) is 12.4 Å². The lowest BCUT2D eigenvalue weighted by atomic mass is 10.1. The van der Waals surface area contributed by atoms with Crippen LogP contribution in [0.2, 0.25) is 0 Å². The molecule has 1 aliphatic rings. The van der Waals surface area contributed by atoms with E-state index in [0.29, 0.717) is 19.4 Å². The van der Waals surface area contributed by atoms with Gasteiger partial charge >= 0.3 is 0 Å². The molecular weight excluding hydrogens is 152 g/mol. The first-order valence-corrected chi connectivity index (χ1v) is 3.28. The minimum absolute atomic E-state index is 0.222. The number of aldehydes is 1. The van der Waals surface area contributed by atoms with Crippen molar-refractivity contribution >= 4 is 12.1 Å². The maximum Gasteiger partial charge on any atom is 0.227 e. The van der Waals surface area contributed by atoms with Crippen LogP contribution >= 0.6 is 0 Å².